The molecule has 0 aromatic carbocycles. The third kappa shape index (κ3) is 2.58. The SMILES string of the molecule is O=C(O)C1(CNC(=O)C23CC4CC(CC(C4)C2)C3)CCCCC1. The summed E-state index contributed by atoms with van der Waals surface area (Å²) >= 11 is 0. The van der Waals surface area contributed by atoms with E-state index < -0.39 is 11.4 Å². The van der Waals surface area contributed by atoms with E-state index in [0.29, 0.717) is 19.4 Å². The molecule has 5 aliphatic rings. The monoisotopic (exact) mass is 319 g/mol. The Bertz CT molecular complexity index is 471. The van der Waals surface area contributed by atoms with Gasteiger partial charge >= 0.3 is 5.97 Å². The summed E-state index contributed by atoms with van der Waals surface area (Å²) in [6.07, 6.45) is 11.6. The van der Waals surface area contributed by atoms with Gasteiger partial charge in [-0.1, -0.05) is 19.3 Å². The highest BCUT2D eigenvalue weighted by Gasteiger charge is 2.55. The lowest BCUT2D eigenvalue weighted by atomic mass is 9.49. The molecule has 128 valence electrons. The topological polar surface area (TPSA) is 66.4 Å². The second-order valence-corrected chi connectivity index (χ2v) is 9.03. The number of hydrogen-bond donors (Lipinski definition) is 2. The third-order valence-electron chi connectivity index (χ3n) is 7.37. The number of nitrogens with one attached hydrogen (secondary N) is 1. The molecule has 4 nitrogen and oxygen atoms in total. The quantitative estimate of drug-likeness (QED) is 0.835. The van der Waals surface area contributed by atoms with Crippen molar-refractivity contribution < 1.29 is 14.7 Å². The maximum absolute atomic E-state index is 13.0. The van der Waals surface area contributed by atoms with Gasteiger partial charge in [-0.05, 0) is 69.1 Å². The van der Waals surface area contributed by atoms with Crippen molar-refractivity contribution in [2.75, 3.05) is 6.54 Å². The molecule has 4 heteroatoms. The molecule has 5 rings (SSSR count). The van der Waals surface area contributed by atoms with Crippen LogP contribution in [0.3, 0.4) is 0 Å². The average Bonchev–Trinajstić information content (AvgIpc) is 2.52. The number of carboxylic acids is 1. The number of hydrogen-bond acceptors (Lipinski definition) is 2. The van der Waals surface area contributed by atoms with Gasteiger partial charge in [-0.25, -0.2) is 0 Å². The molecule has 0 saturated heterocycles. The largest absolute Gasteiger partial charge is 0.481 e. The molecule has 0 aromatic heterocycles. The Labute approximate surface area is 138 Å². The zero-order valence-electron chi connectivity index (χ0n) is 14.0. The fourth-order valence-electron chi connectivity index (χ4n) is 6.52. The van der Waals surface area contributed by atoms with Gasteiger partial charge in [0, 0.05) is 12.0 Å². The molecule has 5 fully saturated rings. The lowest BCUT2D eigenvalue weighted by molar-refractivity contribution is -0.153. The zero-order chi connectivity index (χ0) is 16.1. The van der Waals surface area contributed by atoms with Crippen molar-refractivity contribution >= 4 is 11.9 Å². The fraction of sp³-hybridized carbons (Fsp3) is 0.895. The Hall–Kier alpha value is -1.06. The maximum atomic E-state index is 13.0. The van der Waals surface area contributed by atoms with Crippen molar-refractivity contribution in [1.29, 1.82) is 0 Å². The van der Waals surface area contributed by atoms with Crippen molar-refractivity contribution in [3.63, 3.8) is 0 Å². The van der Waals surface area contributed by atoms with E-state index in [2.05, 4.69) is 5.32 Å². The first kappa shape index (κ1) is 15.5. The smallest absolute Gasteiger partial charge is 0.311 e. The van der Waals surface area contributed by atoms with Crippen LogP contribution in [0.25, 0.3) is 0 Å². The Morgan fingerprint density at radius 1 is 0.913 bits per heavy atom. The Morgan fingerprint density at radius 3 is 1.91 bits per heavy atom. The van der Waals surface area contributed by atoms with Crippen molar-refractivity contribution in [1.82, 2.24) is 5.32 Å². The van der Waals surface area contributed by atoms with Crippen LogP contribution >= 0.6 is 0 Å². The maximum Gasteiger partial charge on any atom is 0.311 e. The van der Waals surface area contributed by atoms with Crippen LogP contribution in [-0.2, 0) is 9.59 Å². The van der Waals surface area contributed by atoms with Crippen LogP contribution in [0.5, 0.6) is 0 Å². The van der Waals surface area contributed by atoms with E-state index in [1.54, 1.807) is 0 Å². The van der Waals surface area contributed by atoms with Gasteiger partial charge in [-0.2, -0.15) is 0 Å². The van der Waals surface area contributed by atoms with Gasteiger partial charge in [0.05, 0.1) is 5.41 Å². The lowest BCUT2D eigenvalue weighted by Gasteiger charge is -2.55. The highest BCUT2D eigenvalue weighted by molar-refractivity contribution is 5.84. The first-order valence-corrected chi connectivity index (χ1v) is 9.53. The van der Waals surface area contributed by atoms with Gasteiger partial charge in [0.25, 0.3) is 0 Å². The summed E-state index contributed by atoms with van der Waals surface area (Å²) in [5, 5.41) is 12.8. The molecule has 4 bridgehead atoms. The molecule has 0 heterocycles. The van der Waals surface area contributed by atoms with Gasteiger partial charge in [0.1, 0.15) is 0 Å². The van der Waals surface area contributed by atoms with Crippen LogP contribution in [-0.4, -0.2) is 23.5 Å². The van der Waals surface area contributed by atoms with Gasteiger partial charge in [-0.15, -0.1) is 0 Å². The normalized spacial score (nSPS) is 40.8. The van der Waals surface area contributed by atoms with Crippen molar-refractivity contribution in [2.24, 2.45) is 28.6 Å². The number of rotatable bonds is 4. The van der Waals surface area contributed by atoms with E-state index in [9.17, 15) is 14.7 Å². The number of carbonyl (C=O) groups excluding carboxylic acids is 1. The summed E-state index contributed by atoms with van der Waals surface area (Å²) in [6.45, 7) is 0.336. The summed E-state index contributed by atoms with van der Waals surface area (Å²) < 4.78 is 0. The molecule has 0 radical (unpaired) electrons. The lowest BCUT2D eigenvalue weighted by Crippen LogP contribution is -2.55. The Balaban J connectivity index is 1.44. The summed E-state index contributed by atoms with van der Waals surface area (Å²) in [5.74, 6) is 1.69. The van der Waals surface area contributed by atoms with Crippen LogP contribution in [0.4, 0.5) is 0 Å². The van der Waals surface area contributed by atoms with E-state index in [1.165, 1.54) is 19.3 Å². The molecule has 2 N–H and O–H groups in total. The first-order chi connectivity index (χ1) is 11.0. The van der Waals surface area contributed by atoms with Crippen LogP contribution in [0, 0.1) is 28.6 Å². The number of carbonyl (C=O) groups is 2. The van der Waals surface area contributed by atoms with E-state index >= 15 is 0 Å². The molecule has 0 atom stereocenters. The fourth-order valence-corrected chi connectivity index (χ4v) is 6.52. The molecule has 0 spiro atoms. The molecule has 0 unspecified atom stereocenters. The second-order valence-electron chi connectivity index (χ2n) is 9.03. The standard InChI is InChI=1S/C19H29NO3/c21-16(20-12-18(17(22)23)4-2-1-3-5-18)19-9-13-6-14(10-19)8-15(7-13)11-19/h13-15H,1-12H2,(H,20,21)(H,22,23). The van der Waals surface area contributed by atoms with Crippen LogP contribution < -0.4 is 5.32 Å². The highest BCUT2D eigenvalue weighted by atomic mass is 16.4. The van der Waals surface area contributed by atoms with E-state index in [4.69, 9.17) is 0 Å². The van der Waals surface area contributed by atoms with E-state index in [0.717, 1.165) is 56.3 Å². The predicted octanol–water partition coefficient (Wildman–Crippen LogP) is 3.35. The predicted molar refractivity (Wildman–Crippen MR) is 86.8 cm³/mol. The molecule has 0 aliphatic heterocycles. The first-order valence-electron chi connectivity index (χ1n) is 9.53. The van der Waals surface area contributed by atoms with Gasteiger partial charge in [0.15, 0.2) is 0 Å². The zero-order valence-corrected chi connectivity index (χ0v) is 14.0. The van der Waals surface area contributed by atoms with E-state index in [1.807, 2.05) is 0 Å². The minimum Gasteiger partial charge on any atom is -0.481 e. The number of aliphatic carboxylic acids is 1. The summed E-state index contributed by atoms with van der Waals surface area (Å²) in [6, 6.07) is 0. The molecule has 0 aromatic rings. The summed E-state index contributed by atoms with van der Waals surface area (Å²) in [7, 11) is 0. The van der Waals surface area contributed by atoms with E-state index in [-0.39, 0.29) is 11.3 Å². The number of amides is 1. The summed E-state index contributed by atoms with van der Waals surface area (Å²) in [4.78, 5) is 24.8. The van der Waals surface area contributed by atoms with Crippen molar-refractivity contribution in [2.45, 2.75) is 70.6 Å². The van der Waals surface area contributed by atoms with Crippen molar-refractivity contribution in [3.05, 3.63) is 0 Å². The minimum absolute atomic E-state index is 0.164. The minimum atomic E-state index is -0.719. The van der Waals surface area contributed by atoms with Crippen LogP contribution in [0.2, 0.25) is 0 Å². The molecule has 23 heavy (non-hydrogen) atoms. The van der Waals surface area contributed by atoms with Gasteiger partial charge in [0.2, 0.25) is 5.91 Å². The molecule has 5 saturated carbocycles. The van der Waals surface area contributed by atoms with Gasteiger partial charge in [-0.3, -0.25) is 9.59 Å². The third-order valence-corrected chi connectivity index (χ3v) is 7.37. The van der Waals surface area contributed by atoms with Crippen LogP contribution in [0.1, 0.15) is 70.6 Å². The molecular formula is C19H29NO3. The van der Waals surface area contributed by atoms with Crippen LogP contribution in [0.15, 0.2) is 0 Å². The average molecular weight is 319 g/mol. The Morgan fingerprint density at radius 2 is 1.43 bits per heavy atom. The molecule has 5 aliphatic carbocycles. The molecular weight excluding hydrogens is 290 g/mol. The number of carboxylic acid groups (broad SMARTS) is 1. The molecule has 1 amide bonds. The van der Waals surface area contributed by atoms with Gasteiger partial charge < -0.3 is 10.4 Å². The van der Waals surface area contributed by atoms with Crippen molar-refractivity contribution in [3.8, 4) is 0 Å². The summed E-state index contributed by atoms with van der Waals surface area (Å²) in [5.41, 5.74) is -0.876. The Kier molecular flexibility index (Phi) is 3.69. The second kappa shape index (κ2) is 5.49. The highest BCUT2D eigenvalue weighted by Crippen LogP contribution is 2.60.